The number of hydrogen-bond donors (Lipinski definition) is 1. The van der Waals surface area contributed by atoms with E-state index < -0.39 is 0 Å². The number of nitrogens with one attached hydrogen (secondary N) is 1. The van der Waals surface area contributed by atoms with Crippen molar-refractivity contribution in [2.45, 2.75) is 26.0 Å². The number of carbonyl (C=O) groups is 1. The second kappa shape index (κ2) is 9.34. The zero-order valence-corrected chi connectivity index (χ0v) is 18.1. The van der Waals surface area contributed by atoms with E-state index in [2.05, 4.69) is 27.7 Å². The molecular weight excluding hydrogens is 407 g/mol. The van der Waals surface area contributed by atoms with E-state index in [4.69, 9.17) is 4.74 Å². The zero-order valence-electron chi connectivity index (χ0n) is 16.4. The van der Waals surface area contributed by atoms with Crippen LogP contribution in [0.25, 0.3) is 10.1 Å². The number of fused-ring (bicyclic) bond motifs is 1. The fourth-order valence-electron chi connectivity index (χ4n) is 3.92. The van der Waals surface area contributed by atoms with Crippen LogP contribution in [0.4, 0.5) is 4.39 Å². The molecule has 7 heteroatoms. The highest BCUT2D eigenvalue weighted by atomic mass is 32.1. The lowest BCUT2D eigenvalue weighted by molar-refractivity contribution is 0.0935. The molecular formula is C22H25FN2O2S2. The molecule has 29 heavy (non-hydrogen) atoms. The third kappa shape index (κ3) is 4.69. The number of thiophene rings is 2. The predicted molar refractivity (Wildman–Crippen MR) is 117 cm³/mol. The van der Waals surface area contributed by atoms with E-state index >= 15 is 0 Å². The van der Waals surface area contributed by atoms with Crippen molar-refractivity contribution in [3.05, 3.63) is 56.8 Å². The maximum absolute atomic E-state index is 14.3. The van der Waals surface area contributed by atoms with Crippen molar-refractivity contribution in [3.63, 3.8) is 0 Å². The first-order chi connectivity index (χ1) is 14.2. The molecule has 0 bridgehead atoms. The van der Waals surface area contributed by atoms with Crippen molar-refractivity contribution in [1.82, 2.24) is 10.2 Å². The van der Waals surface area contributed by atoms with Crippen LogP contribution in [0, 0.1) is 11.7 Å². The zero-order chi connectivity index (χ0) is 20.2. The molecule has 0 atom stereocenters. The van der Waals surface area contributed by atoms with Crippen molar-refractivity contribution in [2.75, 3.05) is 26.7 Å². The largest absolute Gasteiger partial charge is 0.380 e. The lowest BCUT2D eigenvalue weighted by atomic mass is 9.96. The monoisotopic (exact) mass is 432 g/mol. The quantitative estimate of drug-likeness (QED) is 0.578. The molecule has 1 aliphatic heterocycles. The Morgan fingerprint density at radius 2 is 2.10 bits per heavy atom. The fraction of sp³-hybridized carbons (Fsp3) is 0.409. The van der Waals surface area contributed by atoms with Gasteiger partial charge in [-0.15, -0.1) is 22.7 Å². The number of rotatable bonds is 7. The first-order valence-electron chi connectivity index (χ1n) is 9.87. The Morgan fingerprint density at radius 3 is 2.83 bits per heavy atom. The Hall–Kier alpha value is -1.80. The van der Waals surface area contributed by atoms with Gasteiger partial charge in [0.05, 0.1) is 11.5 Å². The maximum atomic E-state index is 14.3. The summed E-state index contributed by atoms with van der Waals surface area (Å²) >= 11 is 3.14. The summed E-state index contributed by atoms with van der Waals surface area (Å²) in [7, 11) is 1.57. The Morgan fingerprint density at radius 1 is 1.28 bits per heavy atom. The number of benzene rings is 1. The predicted octanol–water partition coefficient (Wildman–Crippen LogP) is 4.89. The fourth-order valence-corrected chi connectivity index (χ4v) is 5.81. The average molecular weight is 433 g/mol. The number of ether oxygens (including phenoxy) is 1. The molecule has 0 spiro atoms. The van der Waals surface area contributed by atoms with Crippen molar-refractivity contribution >= 4 is 38.7 Å². The topological polar surface area (TPSA) is 41.6 Å². The number of methoxy groups -OCH3 is 1. The van der Waals surface area contributed by atoms with Gasteiger partial charge in [-0.05, 0) is 55.4 Å². The Labute approximate surface area is 178 Å². The van der Waals surface area contributed by atoms with Gasteiger partial charge < -0.3 is 10.1 Å². The summed E-state index contributed by atoms with van der Waals surface area (Å²) in [6.07, 6.45) is 2.16. The van der Waals surface area contributed by atoms with Gasteiger partial charge in [-0.1, -0.05) is 12.1 Å². The standard InChI is InChI=1S/C22H25FN2O2S2/c1-27-14-17-20-18(23)5-2-6-19(20)29-21(17)22(26)24-12-15-7-9-25(10-8-15)13-16-4-3-11-28-16/h2-6,11,15H,7-10,12-14H2,1H3,(H,24,26). The number of amides is 1. The average Bonchev–Trinajstić information content (AvgIpc) is 3.36. The number of halogens is 1. The van der Waals surface area contributed by atoms with E-state index in [0.29, 0.717) is 28.3 Å². The summed E-state index contributed by atoms with van der Waals surface area (Å²) in [5.74, 6) is 0.0529. The molecule has 2 aromatic heterocycles. The van der Waals surface area contributed by atoms with Gasteiger partial charge in [0, 0.05) is 40.7 Å². The van der Waals surface area contributed by atoms with Crippen LogP contribution in [0.1, 0.15) is 33.0 Å². The summed E-state index contributed by atoms with van der Waals surface area (Å²) in [6.45, 7) is 4.02. The number of nitrogens with zero attached hydrogens (tertiary/aromatic N) is 1. The van der Waals surface area contributed by atoms with E-state index in [9.17, 15) is 9.18 Å². The molecule has 3 heterocycles. The van der Waals surface area contributed by atoms with Crippen molar-refractivity contribution < 1.29 is 13.9 Å². The molecule has 1 saturated heterocycles. The van der Waals surface area contributed by atoms with Crippen LogP contribution in [0.15, 0.2) is 35.7 Å². The summed E-state index contributed by atoms with van der Waals surface area (Å²) in [5, 5.41) is 5.71. The van der Waals surface area contributed by atoms with E-state index in [1.54, 1.807) is 24.5 Å². The van der Waals surface area contributed by atoms with Gasteiger partial charge in [0.1, 0.15) is 5.82 Å². The highest BCUT2D eigenvalue weighted by Crippen LogP contribution is 2.34. The Bertz CT molecular complexity index is 963. The summed E-state index contributed by atoms with van der Waals surface area (Å²) in [5.41, 5.74) is 0.647. The number of hydrogen-bond acceptors (Lipinski definition) is 5. The van der Waals surface area contributed by atoms with Gasteiger partial charge in [0.2, 0.25) is 0 Å². The van der Waals surface area contributed by atoms with Crippen LogP contribution in [0.3, 0.4) is 0 Å². The molecule has 154 valence electrons. The second-order valence-electron chi connectivity index (χ2n) is 7.46. The lowest BCUT2D eigenvalue weighted by Gasteiger charge is -2.31. The van der Waals surface area contributed by atoms with Crippen LogP contribution in [0.5, 0.6) is 0 Å². The third-order valence-electron chi connectivity index (χ3n) is 5.48. The van der Waals surface area contributed by atoms with Gasteiger partial charge >= 0.3 is 0 Å². The minimum Gasteiger partial charge on any atom is -0.380 e. The van der Waals surface area contributed by atoms with Crippen LogP contribution in [-0.2, 0) is 17.9 Å². The highest BCUT2D eigenvalue weighted by Gasteiger charge is 2.23. The molecule has 1 amide bonds. The number of carbonyl (C=O) groups excluding carboxylic acids is 1. The number of likely N-dealkylation sites (tertiary alicyclic amines) is 1. The van der Waals surface area contributed by atoms with E-state index in [0.717, 1.165) is 37.2 Å². The second-order valence-corrected chi connectivity index (χ2v) is 9.55. The van der Waals surface area contributed by atoms with Gasteiger partial charge in [0.15, 0.2) is 0 Å². The van der Waals surface area contributed by atoms with E-state index in [1.165, 1.54) is 22.3 Å². The van der Waals surface area contributed by atoms with Crippen molar-refractivity contribution in [2.24, 2.45) is 5.92 Å². The first-order valence-corrected chi connectivity index (χ1v) is 11.6. The van der Waals surface area contributed by atoms with Crippen LogP contribution >= 0.6 is 22.7 Å². The van der Waals surface area contributed by atoms with E-state index in [-0.39, 0.29) is 18.3 Å². The molecule has 4 nitrogen and oxygen atoms in total. The van der Waals surface area contributed by atoms with E-state index in [1.807, 2.05) is 6.07 Å². The van der Waals surface area contributed by atoms with Crippen LogP contribution < -0.4 is 5.32 Å². The van der Waals surface area contributed by atoms with Crippen molar-refractivity contribution in [1.29, 1.82) is 0 Å². The third-order valence-corrected chi connectivity index (χ3v) is 7.53. The van der Waals surface area contributed by atoms with Gasteiger partial charge in [-0.25, -0.2) is 4.39 Å². The molecule has 3 aromatic rings. The minimum absolute atomic E-state index is 0.126. The highest BCUT2D eigenvalue weighted by molar-refractivity contribution is 7.21. The molecule has 1 N–H and O–H groups in total. The Balaban J connectivity index is 1.35. The summed E-state index contributed by atoms with van der Waals surface area (Å²) < 4.78 is 20.3. The molecule has 0 saturated carbocycles. The summed E-state index contributed by atoms with van der Waals surface area (Å²) in [4.78, 5) is 17.3. The molecule has 1 fully saturated rings. The molecule has 4 rings (SSSR count). The Kier molecular flexibility index (Phi) is 6.60. The first kappa shape index (κ1) is 20.5. The van der Waals surface area contributed by atoms with Gasteiger partial charge in [-0.3, -0.25) is 9.69 Å². The molecule has 0 aliphatic carbocycles. The minimum atomic E-state index is -0.303. The van der Waals surface area contributed by atoms with Crippen molar-refractivity contribution in [3.8, 4) is 0 Å². The molecule has 1 aromatic carbocycles. The van der Waals surface area contributed by atoms with Crippen LogP contribution in [0.2, 0.25) is 0 Å². The normalized spacial score (nSPS) is 15.8. The molecule has 0 unspecified atom stereocenters. The molecule has 1 aliphatic rings. The number of piperidine rings is 1. The van der Waals surface area contributed by atoms with Gasteiger partial charge in [-0.2, -0.15) is 0 Å². The summed E-state index contributed by atoms with van der Waals surface area (Å²) in [6, 6.07) is 9.24. The lowest BCUT2D eigenvalue weighted by Crippen LogP contribution is -2.38. The van der Waals surface area contributed by atoms with Gasteiger partial charge in [0.25, 0.3) is 5.91 Å². The maximum Gasteiger partial charge on any atom is 0.261 e. The smallest absolute Gasteiger partial charge is 0.261 e. The molecule has 0 radical (unpaired) electrons. The SMILES string of the molecule is COCc1c(C(=O)NCC2CCN(Cc3cccs3)CC2)sc2cccc(F)c12. The van der Waals surface area contributed by atoms with Crippen LogP contribution in [-0.4, -0.2) is 37.6 Å².